The van der Waals surface area contributed by atoms with E-state index in [2.05, 4.69) is 69.5 Å². The van der Waals surface area contributed by atoms with Crippen LogP contribution >= 0.6 is 0 Å². The zero-order valence-corrected chi connectivity index (χ0v) is 20.4. The molecule has 2 aromatic rings. The quantitative estimate of drug-likeness (QED) is 0.534. The van der Waals surface area contributed by atoms with E-state index in [1.807, 2.05) is 18.2 Å². The van der Waals surface area contributed by atoms with E-state index >= 15 is 0 Å². The number of aryl methyl sites for hydroxylation is 1. The fourth-order valence-electron chi connectivity index (χ4n) is 4.77. The van der Waals surface area contributed by atoms with Crippen molar-refractivity contribution in [1.82, 2.24) is 9.80 Å². The van der Waals surface area contributed by atoms with Gasteiger partial charge >= 0.3 is 0 Å². The van der Waals surface area contributed by atoms with Crippen molar-refractivity contribution in [3.63, 3.8) is 0 Å². The van der Waals surface area contributed by atoms with Gasteiger partial charge in [0.1, 0.15) is 5.82 Å². The van der Waals surface area contributed by atoms with Crippen LogP contribution in [0.3, 0.4) is 0 Å². The van der Waals surface area contributed by atoms with Crippen molar-refractivity contribution in [1.29, 1.82) is 0 Å². The van der Waals surface area contributed by atoms with E-state index in [1.54, 1.807) is 6.07 Å². The van der Waals surface area contributed by atoms with Gasteiger partial charge in [-0.05, 0) is 75.2 Å². The van der Waals surface area contributed by atoms with Gasteiger partial charge in [-0.25, -0.2) is 4.39 Å². The van der Waals surface area contributed by atoms with Gasteiger partial charge in [-0.1, -0.05) is 62.7 Å². The molecule has 2 nitrogen and oxygen atoms in total. The maximum atomic E-state index is 14.7. The second-order valence-electron chi connectivity index (χ2n) is 10.7. The van der Waals surface area contributed by atoms with Gasteiger partial charge < -0.3 is 4.90 Å². The molecule has 2 aromatic carbocycles. The summed E-state index contributed by atoms with van der Waals surface area (Å²) in [5, 5.41) is 0. The first-order valence-corrected chi connectivity index (χ1v) is 12.0. The monoisotopic (exact) mass is 424 g/mol. The predicted octanol–water partition coefficient (Wildman–Crippen LogP) is 6.77. The molecule has 170 valence electrons. The lowest BCUT2D eigenvalue weighted by Gasteiger charge is -2.54. The van der Waals surface area contributed by atoms with E-state index in [0.29, 0.717) is 11.5 Å². The second kappa shape index (κ2) is 10.3. The minimum absolute atomic E-state index is 0.0791. The van der Waals surface area contributed by atoms with Crippen molar-refractivity contribution in [2.75, 3.05) is 26.2 Å². The Kier molecular flexibility index (Phi) is 7.93. The molecule has 0 atom stereocenters. The Morgan fingerprint density at radius 2 is 1.52 bits per heavy atom. The Hall–Kier alpha value is -1.71. The summed E-state index contributed by atoms with van der Waals surface area (Å²) in [7, 11) is 0. The molecule has 0 radical (unpaired) electrons. The zero-order valence-electron chi connectivity index (χ0n) is 20.4. The van der Waals surface area contributed by atoms with E-state index in [1.165, 1.54) is 31.5 Å². The highest BCUT2D eigenvalue weighted by molar-refractivity contribution is 5.64. The highest BCUT2D eigenvalue weighted by Gasteiger charge is 2.44. The molecule has 0 aliphatic carbocycles. The highest BCUT2D eigenvalue weighted by Crippen LogP contribution is 2.41. The van der Waals surface area contributed by atoms with Gasteiger partial charge in [0.05, 0.1) is 0 Å². The Labute approximate surface area is 189 Å². The summed E-state index contributed by atoms with van der Waals surface area (Å²) in [6.07, 6.45) is 2.58. The van der Waals surface area contributed by atoms with Crippen molar-refractivity contribution in [3.8, 4) is 11.1 Å². The third-order valence-electron chi connectivity index (χ3n) is 6.51. The minimum Gasteiger partial charge on any atom is -0.301 e. The molecule has 2 heterocycles. The van der Waals surface area contributed by atoms with Crippen LogP contribution in [0.2, 0.25) is 0 Å². The van der Waals surface area contributed by atoms with Crippen LogP contribution in [0.1, 0.15) is 58.6 Å². The van der Waals surface area contributed by atoms with E-state index in [-0.39, 0.29) is 5.82 Å². The van der Waals surface area contributed by atoms with Crippen LogP contribution in [-0.2, 0) is 6.54 Å². The lowest BCUT2D eigenvalue weighted by atomic mass is 9.71. The SMILES string of the molecule is CC(C)C.Cc1cccc(-c2ccc(CN3CC4(CCN(C(C)C)CC4)C3)c(F)c2)c1. The molecule has 1 spiro atoms. The van der Waals surface area contributed by atoms with Crippen LogP contribution in [0.15, 0.2) is 42.5 Å². The van der Waals surface area contributed by atoms with E-state index in [0.717, 1.165) is 42.2 Å². The third kappa shape index (κ3) is 6.40. The summed E-state index contributed by atoms with van der Waals surface area (Å²) in [5.41, 5.74) is 4.55. The number of piperidine rings is 1. The maximum Gasteiger partial charge on any atom is 0.128 e. The standard InChI is InChI=1S/C24H31FN2.C4H10/c1-18(2)27-11-9-24(10-12-27)16-26(17-24)15-22-8-7-21(14-23(22)25)20-6-4-5-19(3)13-20;1-4(2)3/h4-8,13-14,18H,9-12,15-17H2,1-3H3;4H,1-3H3. The molecular weight excluding hydrogens is 383 g/mol. The number of halogens is 1. The van der Waals surface area contributed by atoms with Crippen LogP contribution in [0, 0.1) is 24.1 Å². The first kappa shape index (κ1) is 23.9. The Balaban J connectivity index is 0.000000628. The van der Waals surface area contributed by atoms with Crippen molar-refractivity contribution < 1.29 is 4.39 Å². The van der Waals surface area contributed by atoms with Crippen LogP contribution < -0.4 is 0 Å². The molecule has 0 N–H and O–H groups in total. The van der Waals surface area contributed by atoms with Gasteiger partial charge in [-0.15, -0.1) is 0 Å². The van der Waals surface area contributed by atoms with Crippen molar-refractivity contribution in [2.24, 2.45) is 11.3 Å². The lowest BCUT2D eigenvalue weighted by molar-refractivity contribution is -0.0560. The molecule has 4 rings (SSSR count). The van der Waals surface area contributed by atoms with Crippen LogP contribution in [-0.4, -0.2) is 42.0 Å². The number of nitrogens with zero attached hydrogens (tertiary/aromatic N) is 2. The molecule has 0 amide bonds. The number of hydrogen-bond donors (Lipinski definition) is 0. The van der Waals surface area contributed by atoms with Crippen LogP contribution in [0.5, 0.6) is 0 Å². The summed E-state index contributed by atoms with van der Waals surface area (Å²) in [6, 6.07) is 14.6. The average molecular weight is 425 g/mol. The van der Waals surface area contributed by atoms with Gasteiger partial charge in [0.15, 0.2) is 0 Å². The minimum atomic E-state index is -0.0791. The van der Waals surface area contributed by atoms with Gasteiger partial charge in [0.25, 0.3) is 0 Å². The number of benzene rings is 2. The van der Waals surface area contributed by atoms with Crippen LogP contribution in [0.4, 0.5) is 4.39 Å². The molecule has 2 aliphatic heterocycles. The molecule has 0 unspecified atom stereocenters. The van der Waals surface area contributed by atoms with Crippen molar-refractivity contribution in [3.05, 3.63) is 59.4 Å². The maximum absolute atomic E-state index is 14.7. The summed E-state index contributed by atoms with van der Waals surface area (Å²) in [4.78, 5) is 4.99. The average Bonchev–Trinajstić information content (AvgIpc) is 2.68. The van der Waals surface area contributed by atoms with Crippen molar-refractivity contribution in [2.45, 2.75) is 67.0 Å². The molecule has 2 saturated heterocycles. The summed E-state index contributed by atoms with van der Waals surface area (Å²) >= 11 is 0. The first-order chi connectivity index (χ1) is 14.7. The fourth-order valence-corrected chi connectivity index (χ4v) is 4.77. The van der Waals surface area contributed by atoms with E-state index < -0.39 is 0 Å². The fraction of sp³-hybridized carbons (Fsp3) is 0.571. The molecule has 2 aliphatic rings. The largest absolute Gasteiger partial charge is 0.301 e. The lowest BCUT2D eigenvalue weighted by Crippen LogP contribution is -2.60. The molecular formula is C28H41FN2. The van der Waals surface area contributed by atoms with E-state index in [9.17, 15) is 4.39 Å². The molecule has 3 heteroatoms. The Bertz CT molecular complexity index is 839. The summed E-state index contributed by atoms with van der Waals surface area (Å²) in [6.45, 7) is 18.5. The predicted molar refractivity (Wildman–Crippen MR) is 131 cm³/mol. The van der Waals surface area contributed by atoms with E-state index in [4.69, 9.17) is 0 Å². The topological polar surface area (TPSA) is 6.48 Å². The first-order valence-electron chi connectivity index (χ1n) is 12.0. The van der Waals surface area contributed by atoms with Gasteiger partial charge in [0.2, 0.25) is 0 Å². The molecule has 0 bridgehead atoms. The number of rotatable bonds is 4. The van der Waals surface area contributed by atoms with Gasteiger partial charge in [-0.2, -0.15) is 0 Å². The normalized spacial score (nSPS) is 18.7. The second-order valence-corrected chi connectivity index (χ2v) is 10.7. The zero-order chi connectivity index (χ0) is 22.6. The summed E-state index contributed by atoms with van der Waals surface area (Å²) < 4.78 is 14.7. The van der Waals surface area contributed by atoms with Gasteiger partial charge in [-0.3, -0.25) is 4.90 Å². The van der Waals surface area contributed by atoms with Gasteiger partial charge in [0, 0.05) is 31.2 Å². The molecule has 2 fully saturated rings. The molecule has 0 aromatic heterocycles. The number of likely N-dealkylation sites (tertiary alicyclic amines) is 2. The highest BCUT2D eigenvalue weighted by atomic mass is 19.1. The molecule has 0 saturated carbocycles. The molecule has 31 heavy (non-hydrogen) atoms. The smallest absolute Gasteiger partial charge is 0.128 e. The third-order valence-corrected chi connectivity index (χ3v) is 6.51. The number of hydrogen-bond acceptors (Lipinski definition) is 2. The van der Waals surface area contributed by atoms with Crippen LogP contribution in [0.25, 0.3) is 11.1 Å². The Morgan fingerprint density at radius 1 is 0.903 bits per heavy atom. The van der Waals surface area contributed by atoms with Crippen molar-refractivity contribution >= 4 is 0 Å². The summed E-state index contributed by atoms with van der Waals surface area (Å²) in [5.74, 6) is 0.754. The Morgan fingerprint density at radius 3 is 2.06 bits per heavy atom.